The molecule has 98 valence electrons. The zero-order valence-electron chi connectivity index (χ0n) is 9.47. The third-order valence-corrected chi connectivity index (χ3v) is 5.01. The second-order valence-corrected chi connectivity index (χ2v) is 6.88. The summed E-state index contributed by atoms with van der Waals surface area (Å²) in [6, 6.07) is 7.91. The summed E-state index contributed by atoms with van der Waals surface area (Å²) in [7, 11) is -3.14. The highest BCUT2D eigenvalue weighted by atomic mass is 35.5. The molecule has 0 saturated carbocycles. The maximum Gasteiger partial charge on any atom is 0.319 e. The Balaban J connectivity index is 1.93. The van der Waals surface area contributed by atoms with Crippen molar-refractivity contribution in [1.29, 1.82) is 0 Å². The second kappa shape index (κ2) is 5.16. The Labute approximate surface area is 110 Å². The summed E-state index contributed by atoms with van der Waals surface area (Å²) in [4.78, 5) is 11.6. The van der Waals surface area contributed by atoms with Gasteiger partial charge in [-0.05, 0) is 12.1 Å². The van der Waals surface area contributed by atoms with Gasteiger partial charge in [0.1, 0.15) is 0 Å². The number of sulfone groups is 1. The predicted molar refractivity (Wildman–Crippen MR) is 70.7 cm³/mol. The number of amides is 2. The molecule has 2 atom stereocenters. The van der Waals surface area contributed by atoms with Crippen LogP contribution in [0.4, 0.5) is 10.5 Å². The molecule has 1 aliphatic heterocycles. The lowest BCUT2D eigenvalue weighted by atomic mass is 10.2. The van der Waals surface area contributed by atoms with Crippen LogP contribution in [0.2, 0.25) is 0 Å². The Hall–Kier alpha value is -1.27. The fourth-order valence-corrected chi connectivity index (χ4v) is 4.34. The van der Waals surface area contributed by atoms with Gasteiger partial charge in [-0.25, -0.2) is 13.2 Å². The SMILES string of the molecule is O=C(Nc1ccccc1)N[C@H]1CS(=O)(=O)C[C@@H]1Cl. The summed E-state index contributed by atoms with van der Waals surface area (Å²) in [6.07, 6.45) is 0. The third kappa shape index (κ3) is 3.36. The van der Waals surface area contributed by atoms with Crippen LogP contribution in [0, 0.1) is 0 Å². The van der Waals surface area contributed by atoms with Gasteiger partial charge in [0, 0.05) is 5.69 Å². The van der Waals surface area contributed by atoms with Crippen molar-refractivity contribution in [1.82, 2.24) is 5.32 Å². The van der Waals surface area contributed by atoms with Gasteiger partial charge in [-0.3, -0.25) is 0 Å². The first-order chi connectivity index (χ1) is 8.46. The molecule has 0 unspecified atom stereocenters. The van der Waals surface area contributed by atoms with E-state index >= 15 is 0 Å². The summed E-state index contributed by atoms with van der Waals surface area (Å²) in [6.45, 7) is 0. The molecule has 0 bridgehead atoms. The van der Waals surface area contributed by atoms with Crippen LogP contribution in [-0.4, -0.2) is 37.4 Å². The first kappa shape index (κ1) is 13.2. The van der Waals surface area contributed by atoms with Crippen LogP contribution in [-0.2, 0) is 9.84 Å². The number of carbonyl (C=O) groups excluding carboxylic acids is 1. The fourth-order valence-electron chi connectivity index (χ4n) is 1.79. The number of rotatable bonds is 2. The molecule has 1 heterocycles. The van der Waals surface area contributed by atoms with Gasteiger partial charge < -0.3 is 10.6 Å². The van der Waals surface area contributed by atoms with Crippen molar-refractivity contribution in [3.63, 3.8) is 0 Å². The largest absolute Gasteiger partial charge is 0.333 e. The van der Waals surface area contributed by atoms with Crippen molar-refractivity contribution < 1.29 is 13.2 Å². The van der Waals surface area contributed by atoms with Crippen LogP contribution in [0.5, 0.6) is 0 Å². The van der Waals surface area contributed by atoms with Gasteiger partial charge in [-0.2, -0.15) is 0 Å². The number of anilines is 1. The number of hydrogen-bond acceptors (Lipinski definition) is 3. The van der Waals surface area contributed by atoms with E-state index in [0.717, 1.165) is 0 Å². The van der Waals surface area contributed by atoms with Gasteiger partial charge in [-0.1, -0.05) is 18.2 Å². The first-order valence-corrected chi connectivity index (χ1v) is 7.69. The molecular weight excluding hydrogens is 276 g/mol. The molecule has 2 N–H and O–H groups in total. The normalized spacial score (nSPS) is 25.6. The molecule has 1 aliphatic rings. The van der Waals surface area contributed by atoms with Crippen LogP contribution in [0.15, 0.2) is 30.3 Å². The maximum atomic E-state index is 11.6. The van der Waals surface area contributed by atoms with Gasteiger partial charge in [0.2, 0.25) is 0 Å². The predicted octanol–water partition coefficient (Wildman–Crippen LogP) is 1.21. The highest BCUT2D eigenvalue weighted by Crippen LogP contribution is 2.18. The van der Waals surface area contributed by atoms with E-state index in [2.05, 4.69) is 10.6 Å². The molecule has 0 radical (unpaired) electrons. The zero-order valence-corrected chi connectivity index (χ0v) is 11.0. The van der Waals surface area contributed by atoms with Crippen molar-refractivity contribution in [3.05, 3.63) is 30.3 Å². The summed E-state index contributed by atoms with van der Waals surface area (Å²) < 4.78 is 22.7. The number of urea groups is 1. The summed E-state index contributed by atoms with van der Waals surface area (Å²) in [5.74, 6) is -0.200. The molecule has 0 aromatic heterocycles. The van der Waals surface area contributed by atoms with Crippen molar-refractivity contribution in [2.45, 2.75) is 11.4 Å². The van der Waals surface area contributed by atoms with E-state index in [1.807, 2.05) is 6.07 Å². The number of carbonyl (C=O) groups is 1. The van der Waals surface area contributed by atoms with Gasteiger partial charge in [-0.15, -0.1) is 11.6 Å². The van der Waals surface area contributed by atoms with Crippen molar-refractivity contribution in [3.8, 4) is 0 Å². The number of hydrogen-bond donors (Lipinski definition) is 2. The highest BCUT2D eigenvalue weighted by Gasteiger charge is 2.37. The molecule has 5 nitrogen and oxygen atoms in total. The quantitative estimate of drug-likeness (QED) is 0.803. The average Bonchev–Trinajstić information content (AvgIpc) is 2.53. The number of alkyl halides is 1. The molecule has 1 saturated heterocycles. The van der Waals surface area contributed by atoms with Gasteiger partial charge in [0.25, 0.3) is 0 Å². The van der Waals surface area contributed by atoms with E-state index in [0.29, 0.717) is 5.69 Å². The topological polar surface area (TPSA) is 75.3 Å². The van der Waals surface area contributed by atoms with E-state index in [-0.39, 0.29) is 11.5 Å². The van der Waals surface area contributed by atoms with E-state index in [4.69, 9.17) is 11.6 Å². The maximum absolute atomic E-state index is 11.6. The van der Waals surface area contributed by atoms with E-state index in [1.165, 1.54) is 0 Å². The number of nitrogens with one attached hydrogen (secondary N) is 2. The lowest BCUT2D eigenvalue weighted by Crippen LogP contribution is -2.42. The van der Waals surface area contributed by atoms with Crippen LogP contribution >= 0.6 is 11.6 Å². The molecular formula is C11H13ClN2O3S. The summed E-state index contributed by atoms with van der Waals surface area (Å²) >= 11 is 5.89. The molecule has 0 spiro atoms. The minimum absolute atomic E-state index is 0.0924. The van der Waals surface area contributed by atoms with E-state index in [9.17, 15) is 13.2 Å². The number of para-hydroxylation sites is 1. The van der Waals surface area contributed by atoms with Crippen LogP contribution in [0.25, 0.3) is 0 Å². The second-order valence-electron chi connectivity index (χ2n) is 4.16. The number of halogens is 1. The van der Waals surface area contributed by atoms with Crippen LogP contribution in [0.3, 0.4) is 0 Å². The van der Waals surface area contributed by atoms with Crippen LogP contribution in [0.1, 0.15) is 0 Å². The van der Waals surface area contributed by atoms with Gasteiger partial charge in [0.15, 0.2) is 9.84 Å². The van der Waals surface area contributed by atoms with Crippen molar-refractivity contribution in [2.75, 3.05) is 16.8 Å². The zero-order chi connectivity index (χ0) is 13.2. The lowest BCUT2D eigenvalue weighted by Gasteiger charge is -2.14. The van der Waals surface area contributed by atoms with E-state index in [1.54, 1.807) is 24.3 Å². The van der Waals surface area contributed by atoms with E-state index < -0.39 is 27.3 Å². The molecule has 1 aromatic carbocycles. The Bertz CT molecular complexity index is 532. The monoisotopic (exact) mass is 288 g/mol. The smallest absolute Gasteiger partial charge is 0.319 e. The third-order valence-electron chi connectivity index (χ3n) is 2.63. The average molecular weight is 289 g/mol. The first-order valence-electron chi connectivity index (χ1n) is 5.43. The van der Waals surface area contributed by atoms with Gasteiger partial charge >= 0.3 is 6.03 Å². The number of benzene rings is 1. The molecule has 18 heavy (non-hydrogen) atoms. The molecule has 2 rings (SSSR count). The Kier molecular flexibility index (Phi) is 3.77. The molecule has 1 fully saturated rings. The van der Waals surface area contributed by atoms with Crippen molar-refractivity contribution >= 4 is 33.2 Å². The summed E-state index contributed by atoms with van der Waals surface area (Å²) in [5, 5.41) is 4.61. The molecule has 7 heteroatoms. The fraction of sp³-hybridized carbons (Fsp3) is 0.364. The standard InChI is InChI=1S/C11H13ClN2O3S/c12-9-6-18(16,17)7-10(9)14-11(15)13-8-4-2-1-3-5-8/h1-5,9-10H,6-7H2,(H2,13,14,15)/t9-,10-/m0/s1. The molecule has 0 aliphatic carbocycles. The summed E-state index contributed by atoms with van der Waals surface area (Å²) in [5.41, 5.74) is 0.641. The lowest BCUT2D eigenvalue weighted by molar-refractivity contribution is 0.249. The Morgan fingerprint density at radius 1 is 1.22 bits per heavy atom. The molecule has 2 amide bonds. The highest BCUT2D eigenvalue weighted by molar-refractivity contribution is 7.91. The van der Waals surface area contributed by atoms with Crippen molar-refractivity contribution in [2.24, 2.45) is 0 Å². The minimum atomic E-state index is -3.14. The molecule has 1 aromatic rings. The van der Waals surface area contributed by atoms with Gasteiger partial charge in [0.05, 0.1) is 22.9 Å². The Morgan fingerprint density at radius 2 is 1.89 bits per heavy atom. The minimum Gasteiger partial charge on any atom is -0.333 e. The van der Waals surface area contributed by atoms with Crippen LogP contribution < -0.4 is 10.6 Å². The Morgan fingerprint density at radius 3 is 2.44 bits per heavy atom.